The molecular weight excluding hydrogens is 705 g/mol. The first-order valence-corrected chi connectivity index (χ1v) is 17.9. The fourth-order valence-electron chi connectivity index (χ4n) is 6.12. The summed E-state index contributed by atoms with van der Waals surface area (Å²) in [6.45, 7) is 8.43. The van der Waals surface area contributed by atoms with Gasteiger partial charge in [-0.05, 0) is 48.9 Å². The number of carbonyl (C=O) groups excluding carboxylic acids is 2. The number of likely N-dealkylation sites (tertiary alicyclic amines) is 1. The van der Waals surface area contributed by atoms with Gasteiger partial charge in [-0.1, -0.05) is 62.7 Å². The number of alkyl halides is 2. The van der Waals surface area contributed by atoms with Crippen LogP contribution in [0.2, 0.25) is 0 Å². The Kier molecular flexibility index (Phi) is 10.1. The van der Waals surface area contributed by atoms with E-state index in [1.807, 2.05) is 85.8 Å². The number of nitrogens with one attached hydrogen (secondary N) is 3. The number of pyridine rings is 1. The molecule has 3 aromatic carbocycles. The average molecular weight is 746 g/mol. The highest BCUT2D eigenvalue weighted by Crippen LogP contribution is 2.33. The highest BCUT2D eigenvalue weighted by Gasteiger charge is 2.36. The molecule has 7 rings (SSSR count). The number of benzene rings is 3. The van der Waals surface area contributed by atoms with Gasteiger partial charge in [0.2, 0.25) is 0 Å². The second-order valence-electron chi connectivity index (χ2n) is 14.5. The van der Waals surface area contributed by atoms with E-state index in [2.05, 4.69) is 51.7 Å². The molecule has 55 heavy (non-hydrogen) atoms. The van der Waals surface area contributed by atoms with Gasteiger partial charge in [-0.15, -0.1) is 0 Å². The second-order valence-corrected chi connectivity index (χ2v) is 14.5. The summed E-state index contributed by atoms with van der Waals surface area (Å²) < 4.78 is 35.0. The predicted octanol–water partition coefficient (Wildman–Crippen LogP) is 8.65. The summed E-state index contributed by atoms with van der Waals surface area (Å²) in [6, 6.07) is 24.4. The number of aromatic nitrogens is 5. The maximum atomic E-state index is 13.5. The maximum absolute atomic E-state index is 13.5. The van der Waals surface area contributed by atoms with E-state index < -0.39 is 17.9 Å². The van der Waals surface area contributed by atoms with E-state index in [1.54, 1.807) is 10.9 Å². The second kappa shape index (κ2) is 15.1. The van der Waals surface area contributed by atoms with E-state index in [0.29, 0.717) is 28.9 Å². The van der Waals surface area contributed by atoms with Crippen molar-refractivity contribution in [1.82, 2.24) is 29.6 Å². The lowest BCUT2D eigenvalue weighted by atomic mass is 9.92. The highest BCUT2D eigenvalue weighted by atomic mass is 19.3. The fraction of sp³-hybridized carbons (Fsp3) is 0.268. The number of urea groups is 1. The molecule has 3 amide bonds. The van der Waals surface area contributed by atoms with Gasteiger partial charge in [0.15, 0.2) is 0 Å². The number of aryl methyl sites for hydroxylation is 1. The van der Waals surface area contributed by atoms with Crippen LogP contribution in [0.1, 0.15) is 60.9 Å². The molecule has 3 aromatic heterocycles. The molecule has 1 saturated heterocycles. The van der Waals surface area contributed by atoms with E-state index in [0.717, 1.165) is 33.3 Å². The van der Waals surface area contributed by atoms with Crippen molar-refractivity contribution in [1.29, 1.82) is 0 Å². The third kappa shape index (κ3) is 8.69. The Bertz CT molecular complexity index is 2330. The summed E-state index contributed by atoms with van der Waals surface area (Å²) in [4.78, 5) is 40.4. The Morgan fingerprint density at radius 3 is 2.31 bits per heavy atom. The summed E-state index contributed by atoms with van der Waals surface area (Å²) in [5.41, 5.74) is 4.10. The van der Waals surface area contributed by atoms with Gasteiger partial charge in [-0.25, -0.2) is 33.2 Å². The van der Waals surface area contributed by atoms with Crippen LogP contribution in [-0.4, -0.2) is 60.6 Å². The SMILES string of the molecule is Cc1ccc(-n2nc(C(C)(C)C)cc2NC(=O)Nc2ccc(OCc3ccnc(Nc4cnc(C(=O)N5CCC(F)(F)CC5)cn4)c3)c3ccccc23)cc1. The third-order valence-corrected chi connectivity index (χ3v) is 9.26. The number of piperidine rings is 1. The van der Waals surface area contributed by atoms with Crippen LogP contribution < -0.4 is 20.7 Å². The van der Waals surface area contributed by atoms with Crippen molar-refractivity contribution in [3.63, 3.8) is 0 Å². The molecule has 3 N–H and O–H groups in total. The lowest BCUT2D eigenvalue weighted by molar-refractivity contribution is -0.0495. The molecule has 0 unspecified atom stereocenters. The van der Waals surface area contributed by atoms with Crippen LogP contribution in [0.15, 0.2) is 97.5 Å². The molecule has 4 heterocycles. The smallest absolute Gasteiger partial charge is 0.324 e. The molecule has 0 saturated carbocycles. The lowest BCUT2D eigenvalue weighted by Gasteiger charge is -2.31. The monoisotopic (exact) mass is 745 g/mol. The first-order valence-electron chi connectivity index (χ1n) is 17.9. The number of fused-ring (bicyclic) bond motifs is 1. The third-order valence-electron chi connectivity index (χ3n) is 9.26. The van der Waals surface area contributed by atoms with Crippen molar-refractivity contribution >= 4 is 45.9 Å². The summed E-state index contributed by atoms with van der Waals surface area (Å²) in [5.74, 6) is -1.15. The first-order chi connectivity index (χ1) is 26.3. The number of rotatable bonds is 9. The van der Waals surface area contributed by atoms with Crippen LogP contribution in [0.3, 0.4) is 0 Å². The summed E-state index contributed by atoms with van der Waals surface area (Å²) in [7, 11) is 0. The van der Waals surface area contributed by atoms with Crippen molar-refractivity contribution in [3.05, 3.63) is 120 Å². The summed E-state index contributed by atoms with van der Waals surface area (Å²) in [5, 5.41) is 15.5. The Morgan fingerprint density at radius 2 is 1.60 bits per heavy atom. The number of carbonyl (C=O) groups is 2. The van der Waals surface area contributed by atoms with Gasteiger partial charge in [-0.3, -0.25) is 10.1 Å². The Balaban J connectivity index is 1.00. The molecule has 0 aliphatic carbocycles. The van der Waals surface area contributed by atoms with Gasteiger partial charge in [-0.2, -0.15) is 5.10 Å². The van der Waals surface area contributed by atoms with Gasteiger partial charge in [0.05, 0.1) is 29.5 Å². The van der Waals surface area contributed by atoms with E-state index in [-0.39, 0.29) is 43.6 Å². The lowest BCUT2D eigenvalue weighted by Crippen LogP contribution is -2.43. The summed E-state index contributed by atoms with van der Waals surface area (Å²) >= 11 is 0. The van der Waals surface area contributed by atoms with Crippen LogP contribution in [0.4, 0.5) is 36.7 Å². The zero-order valence-electron chi connectivity index (χ0n) is 30.9. The van der Waals surface area contributed by atoms with Crippen LogP contribution in [0.25, 0.3) is 16.5 Å². The zero-order chi connectivity index (χ0) is 38.7. The van der Waals surface area contributed by atoms with Crippen molar-refractivity contribution in [3.8, 4) is 11.4 Å². The van der Waals surface area contributed by atoms with Crippen molar-refractivity contribution in [2.45, 2.75) is 58.5 Å². The molecule has 1 aliphatic heterocycles. The highest BCUT2D eigenvalue weighted by molar-refractivity contribution is 6.07. The molecule has 0 atom stereocenters. The predicted molar refractivity (Wildman–Crippen MR) is 208 cm³/mol. The van der Waals surface area contributed by atoms with E-state index in [9.17, 15) is 18.4 Å². The van der Waals surface area contributed by atoms with Crippen LogP contribution in [0.5, 0.6) is 5.75 Å². The standard InChI is InChI=1S/C41H41F2N9O3/c1-26-9-11-28(12-10-26)52-37(22-34(50-52)40(2,3)4)49-39(54)47-31-13-14-33(30-8-6-5-7-29(30)31)55-25-27-15-18-44-35(21-27)48-36-24-45-32(23-46-36)38(53)51-19-16-41(42,43)17-20-51/h5-15,18,21-24H,16-17,19-20,25H2,1-4H3,(H,44,46,48)(H2,47,49,54). The van der Waals surface area contributed by atoms with Gasteiger partial charge >= 0.3 is 6.03 Å². The molecule has 0 spiro atoms. The van der Waals surface area contributed by atoms with E-state index >= 15 is 0 Å². The zero-order valence-corrected chi connectivity index (χ0v) is 30.9. The average Bonchev–Trinajstić information content (AvgIpc) is 3.59. The van der Waals surface area contributed by atoms with Crippen molar-refractivity contribution in [2.24, 2.45) is 0 Å². The number of ether oxygens (including phenoxy) is 1. The van der Waals surface area contributed by atoms with Gasteiger partial charge < -0.3 is 20.3 Å². The largest absolute Gasteiger partial charge is 0.488 e. The number of amides is 3. The topological polar surface area (TPSA) is 139 Å². The molecule has 12 nitrogen and oxygen atoms in total. The van der Waals surface area contributed by atoms with Crippen molar-refractivity contribution in [2.75, 3.05) is 29.0 Å². The molecule has 0 bridgehead atoms. The quantitative estimate of drug-likeness (QED) is 0.134. The molecule has 14 heteroatoms. The number of anilines is 4. The number of nitrogens with zero attached hydrogens (tertiary/aromatic N) is 6. The molecular formula is C41H41F2N9O3. The number of hydrogen-bond donors (Lipinski definition) is 3. The molecule has 6 aromatic rings. The molecule has 0 radical (unpaired) electrons. The Morgan fingerprint density at radius 1 is 0.855 bits per heavy atom. The normalized spacial score (nSPS) is 14.0. The fourth-order valence-corrected chi connectivity index (χ4v) is 6.12. The van der Waals surface area contributed by atoms with E-state index in [1.165, 1.54) is 17.3 Å². The molecule has 1 aliphatic rings. The minimum Gasteiger partial charge on any atom is -0.488 e. The van der Waals surface area contributed by atoms with Crippen LogP contribution >= 0.6 is 0 Å². The van der Waals surface area contributed by atoms with Crippen LogP contribution in [-0.2, 0) is 12.0 Å². The van der Waals surface area contributed by atoms with Gasteiger partial charge in [0, 0.05) is 54.4 Å². The number of halogens is 2. The molecule has 1 fully saturated rings. The van der Waals surface area contributed by atoms with E-state index in [4.69, 9.17) is 9.84 Å². The van der Waals surface area contributed by atoms with Gasteiger partial charge in [0.1, 0.15) is 35.5 Å². The summed E-state index contributed by atoms with van der Waals surface area (Å²) in [6.07, 6.45) is 3.63. The Labute approximate surface area is 317 Å². The minimum atomic E-state index is -2.74. The molecule has 282 valence electrons. The number of hydrogen-bond acceptors (Lipinski definition) is 8. The Hall–Kier alpha value is -6.44. The van der Waals surface area contributed by atoms with Crippen molar-refractivity contribution < 1.29 is 23.1 Å². The van der Waals surface area contributed by atoms with Crippen LogP contribution in [0, 0.1) is 6.92 Å². The van der Waals surface area contributed by atoms with Gasteiger partial charge in [0.25, 0.3) is 11.8 Å². The maximum Gasteiger partial charge on any atom is 0.324 e. The minimum absolute atomic E-state index is 0.0258. The first kappa shape index (κ1) is 36.9.